The maximum Gasteiger partial charge on any atom is 0.317 e. The van der Waals surface area contributed by atoms with Crippen LogP contribution >= 0.6 is 0 Å². The molecule has 0 aromatic carbocycles. The molecule has 1 saturated heterocycles. The minimum atomic E-state index is -0.955. The molecule has 7 heteroatoms. The van der Waals surface area contributed by atoms with E-state index in [0.717, 1.165) is 12.8 Å². The SMILES string of the molecule is COC(CNC(=O)N1CCC(C(C)O)CC1)CC(=O)O. The zero-order valence-corrected chi connectivity index (χ0v) is 12.0. The highest BCUT2D eigenvalue weighted by atomic mass is 16.5. The van der Waals surface area contributed by atoms with Gasteiger partial charge in [0.15, 0.2) is 0 Å². The van der Waals surface area contributed by atoms with Crippen LogP contribution in [0.25, 0.3) is 0 Å². The number of nitrogens with zero attached hydrogens (tertiary/aromatic N) is 1. The lowest BCUT2D eigenvalue weighted by atomic mass is 9.92. The molecule has 20 heavy (non-hydrogen) atoms. The number of hydrogen-bond acceptors (Lipinski definition) is 4. The highest BCUT2D eigenvalue weighted by Crippen LogP contribution is 2.20. The molecule has 0 aliphatic carbocycles. The summed E-state index contributed by atoms with van der Waals surface area (Å²) in [5.41, 5.74) is 0. The maximum atomic E-state index is 11.9. The number of rotatable bonds is 6. The number of methoxy groups -OCH3 is 1. The number of carboxylic acid groups (broad SMARTS) is 1. The van der Waals surface area contributed by atoms with Crippen molar-refractivity contribution in [3.8, 4) is 0 Å². The van der Waals surface area contributed by atoms with Crippen molar-refractivity contribution < 1.29 is 24.5 Å². The molecular weight excluding hydrogens is 264 g/mol. The van der Waals surface area contributed by atoms with Gasteiger partial charge < -0.3 is 25.2 Å². The minimum absolute atomic E-state index is 0.138. The highest BCUT2D eigenvalue weighted by Gasteiger charge is 2.25. The number of urea groups is 1. The van der Waals surface area contributed by atoms with Gasteiger partial charge in [0, 0.05) is 26.7 Å². The molecule has 0 radical (unpaired) electrons. The van der Waals surface area contributed by atoms with Gasteiger partial charge in [-0.15, -0.1) is 0 Å². The van der Waals surface area contributed by atoms with Crippen LogP contribution in [0, 0.1) is 5.92 Å². The number of ether oxygens (including phenoxy) is 1. The van der Waals surface area contributed by atoms with Crippen LogP contribution in [0.5, 0.6) is 0 Å². The van der Waals surface area contributed by atoms with Crippen molar-refractivity contribution in [2.45, 2.75) is 38.4 Å². The summed E-state index contributed by atoms with van der Waals surface area (Å²) >= 11 is 0. The molecule has 1 heterocycles. The fraction of sp³-hybridized carbons (Fsp3) is 0.846. The molecule has 0 saturated carbocycles. The number of aliphatic hydroxyl groups excluding tert-OH is 1. The zero-order valence-electron chi connectivity index (χ0n) is 12.0. The molecule has 1 aliphatic heterocycles. The van der Waals surface area contributed by atoms with Crippen molar-refractivity contribution >= 4 is 12.0 Å². The van der Waals surface area contributed by atoms with Crippen LogP contribution in [0.1, 0.15) is 26.2 Å². The summed E-state index contributed by atoms with van der Waals surface area (Å²) in [6.07, 6.45) is 0.572. The van der Waals surface area contributed by atoms with Gasteiger partial charge in [0.1, 0.15) is 0 Å². The standard InChI is InChI=1S/C13H24N2O5/c1-9(16)10-3-5-15(6-4-10)13(19)14-8-11(20-2)7-12(17)18/h9-11,16H,3-8H2,1-2H3,(H,14,19)(H,17,18). The third kappa shape index (κ3) is 5.34. The second-order valence-electron chi connectivity index (χ2n) is 5.21. The first kappa shape index (κ1) is 16.7. The Balaban J connectivity index is 2.31. The van der Waals surface area contributed by atoms with Crippen LogP contribution < -0.4 is 5.32 Å². The van der Waals surface area contributed by atoms with Gasteiger partial charge >= 0.3 is 12.0 Å². The average molecular weight is 288 g/mol. The van der Waals surface area contributed by atoms with Crippen LogP contribution in [-0.2, 0) is 9.53 Å². The second-order valence-corrected chi connectivity index (χ2v) is 5.21. The first-order valence-electron chi connectivity index (χ1n) is 6.89. The molecule has 1 fully saturated rings. The summed E-state index contributed by atoms with van der Waals surface area (Å²) in [5, 5.41) is 20.9. The maximum absolute atomic E-state index is 11.9. The Labute approximate surface area is 118 Å². The largest absolute Gasteiger partial charge is 0.481 e. The fourth-order valence-corrected chi connectivity index (χ4v) is 2.33. The van der Waals surface area contributed by atoms with Crippen LogP contribution in [0.3, 0.4) is 0 Å². The van der Waals surface area contributed by atoms with Gasteiger partial charge in [0.25, 0.3) is 0 Å². The Morgan fingerprint density at radius 2 is 2.00 bits per heavy atom. The number of aliphatic hydroxyl groups is 1. The van der Waals surface area contributed by atoms with E-state index in [4.69, 9.17) is 9.84 Å². The van der Waals surface area contributed by atoms with E-state index in [1.54, 1.807) is 11.8 Å². The Hall–Kier alpha value is -1.34. The van der Waals surface area contributed by atoms with E-state index < -0.39 is 12.1 Å². The molecule has 116 valence electrons. The summed E-state index contributed by atoms with van der Waals surface area (Å²) in [7, 11) is 1.42. The number of carboxylic acids is 1. The van der Waals surface area contributed by atoms with Gasteiger partial charge in [-0.3, -0.25) is 4.79 Å². The molecule has 2 unspecified atom stereocenters. The molecule has 1 aliphatic rings. The van der Waals surface area contributed by atoms with E-state index in [1.807, 2.05) is 0 Å². The lowest BCUT2D eigenvalue weighted by Gasteiger charge is -2.33. The Morgan fingerprint density at radius 3 is 2.45 bits per heavy atom. The predicted molar refractivity (Wildman–Crippen MR) is 72.4 cm³/mol. The lowest BCUT2D eigenvalue weighted by Crippen LogP contribution is -2.47. The number of amides is 2. The number of likely N-dealkylation sites (tertiary alicyclic amines) is 1. The quantitative estimate of drug-likeness (QED) is 0.652. The number of carbonyl (C=O) groups excluding carboxylic acids is 1. The topological polar surface area (TPSA) is 99.1 Å². The second kappa shape index (κ2) is 8.06. The number of nitrogens with one attached hydrogen (secondary N) is 1. The summed E-state index contributed by atoms with van der Waals surface area (Å²) in [4.78, 5) is 24.2. The van der Waals surface area contributed by atoms with Gasteiger partial charge in [-0.25, -0.2) is 4.79 Å². The molecule has 0 aromatic heterocycles. The predicted octanol–water partition coefficient (Wildman–Crippen LogP) is 0.279. The number of aliphatic carboxylic acids is 1. The third-order valence-corrected chi connectivity index (χ3v) is 3.73. The van der Waals surface area contributed by atoms with E-state index >= 15 is 0 Å². The van der Waals surface area contributed by atoms with Crippen molar-refractivity contribution in [1.29, 1.82) is 0 Å². The van der Waals surface area contributed by atoms with E-state index in [2.05, 4.69) is 5.32 Å². The van der Waals surface area contributed by atoms with Crippen molar-refractivity contribution in [2.75, 3.05) is 26.7 Å². The summed E-state index contributed by atoms with van der Waals surface area (Å²) in [5.74, 6) is -0.707. The summed E-state index contributed by atoms with van der Waals surface area (Å²) in [6.45, 7) is 3.17. The van der Waals surface area contributed by atoms with Crippen LogP contribution in [-0.4, -0.2) is 66.1 Å². The van der Waals surface area contributed by atoms with E-state index in [9.17, 15) is 14.7 Å². The van der Waals surface area contributed by atoms with Crippen LogP contribution in [0.15, 0.2) is 0 Å². The van der Waals surface area contributed by atoms with E-state index in [1.165, 1.54) is 7.11 Å². The third-order valence-electron chi connectivity index (χ3n) is 3.73. The molecule has 3 N–H and O–H groups in total. The van der Waals surface area contributed by atoms with Crippen LogP contribution in [0.4, 0.5) is 4.79 Å². The van der Waals surface area contributed by atoms with Gasteiger partial charge in [-0.1, -0.05) is 0 Å². The van der Waals surface area contributed by atoms with Crippen molar-refractivity contribution in [1.82, 2.24) is 10.2 Å². The lowest BCUT2D eigenvalue weighted by molar-refractivity contribution is -0.139. The molecule has 0 spiro atoms. The monoisotopic (exact) mass is 288 g/mol. The number of piperidine rings is 1. The summed E-state index contributed by atoms with van der Waals surface area (Å²) < 4.78 is 5.00. The molecule has 2 atom stereocenters. The average Bonchev–Trinajstić information content (AvgIpc) is 2.42. The molecule has 0 aromatic rings. The normalized spacial score (nSPS) is 19.4. The van der Waals surface area contributed by atoms with E-state index in [0.29, 0.717) is 13.1 Å². The highest BCUT2D eigenvalue weighted by molar-refractivity contribution is 5.74. The van der Waals surface area contributed by atoms with E-state index in [-0.39, 0.29) is 31.0 Å². The number of carbonyl (C=O) groups is 2. The van der Waals surface area contributed by atoms with Gasteiger partial charge in [0.05, 0.1) is 18.6 Å². The molecule has 0 bridgehead atoms. The molecule has 1 rings (SSSR count). The van der Waals surface area contributed by atoms with Gasteiger partial charge in [0.2, 0.25) is 0 Å². The van der Waals surface area contributed by atoms with Crippen molar-refractivity contribution in [2.24, 2.45) is 5.92 Å². The first-order valence-corrected chi connectivity index (χ1v) is 6.89. The number of hydrogen-bond donors (Lipinski definition) is 3. The van der Waals surface area contributed by atoms with Gasteiger partial charge in [-0.2, -0.15) is 0 Å². The Bertz CT molecular complexity index is 327. The molecule has 7 nitrogen and oxygen atoms in total. The zero-order chi connectivity index (χ0) is 15.1. The Morgan fingerprint density at radius 1 is 1.40 bits per heavy atom. The molecule has 2 amide bonds. The Kier molecular flexibility index (Phi) is 6.74. The van der Waals surface area contributed by atoms with Gasteiger partial charge in [-0.05, 0) is 25.7 Å². The fourth-order valence-electron chi connectivity index (χ4n) is 2.33. The van der Waals surface area contributed by atoms with Crippen molar-refractivity contribution in [3.63, 3.8) is 0 Å². The smallest absolute Gasteiger partial charge is 0.317 e. The van der Waals surface area contributed by atoms with Crippen molar-refractivity contribution in [3.05, 3.63) is 0 Å². The minimum Gasteiger partial charge on any atom is -0.481 e. The van der Waals surface area contributed by atoms with Crippen LogP contribution in [0.2, 0.25) is 0 Å². The molecular formula is C13H24N2O5. The first-order chi connectivity index (χ1) is 9.43. The summed E-state index contributed by atoms with van der Waals surface area (Å²) in [6, 6.07) is -0.207.